The minimum Gasteiger partial charge on any atom is -0.383 e. The number of nitrogens with zero attached hydrogens (tertiary/aromatic N) is 2. The Balaban J connectivity index is 2.08. The van der Waals surface area contributed by atoms with E-state index in [0.717, 1.165) is 28.0 Å². The quantitative estimate of drug-likeness (QED) is 0.883. The Morgan fingerprint density at radius 2 is 1.95 bits per heavy atom. The van der Waals surface area contributed by atoms with Crippen LogP contribution >= 0.6 is 15.9 Å². The molecule has 21 heavy (non-hydrogen) atoms. The third kappa shape index (κ3) is 3.10. The second-order valence-corrected chi connectivity index (χ2v) is 6.95. The number of rotatable bonds is 4. The second-order valence-electron chi connectivity index (χ2n) is 6.15. The van der Waals surface area contributed by atoms with Crippen LogP contribution in [0.2, 0.25) is 0 Å². The van der Waals surface area contributed by atoms with Gasteiger partial charge in [-0.2, -0.15) is 0 Å². The van der Waals surface area contributed by atoms with E-state index in [4.69, 9.17) is 10.7 Å². The summed E-state index contributed by atoms with van der Waals surface area (Å²) in [6.07, 6.45) is 3.43. The molecule has 0 saturated heterocycles. The molecular weight excluding hydrogens is 326 g/mol. The fourth-order valence-corrected chi connectivity index (χ4v) is 2.95. The molecule has 1 aliphatic carbocycles. The molecule has 0 radical (unpaired) electrons. The van der Waals surface area contributed by atoms with E-state index in [1.165, 1.54) is 18.4 Å². The van der Waals surface area contributed by atoms with E-state index in [1.807, 2.05) is 6.07 Å². The lowest BCUT2D eigenvalue weighted by Crippen LogP contribution is -2.06. The van der Waals surface area contributed by atoms with E-state index in [0.29, 0.717) is 17.7 Å². The standard InChI is InChI=1S/C17H20BrN3/c1-10(2)9-14-15(18)16(19)21-17(20-14)13-6-4-3-5-12(13)11-7-8-11/h3-6,10-11H,7-9H2,1-2H3,(H2,19,20,21). The summed E-state index contributed by atoms with van der Waals surface area (Å²) in [5.41, 5.74) is 9.56. The minimum atomic E-state index is 0.529. The van der Waals surface area contributed by atoms with E-state index < -0.39 is 0 Å². The highest BCUT2D eigenvalue weighted by molar-refractivity contribution is 9.10. The average Bonchev–Trinajstić information content (AvgIpc) is 3.27. The lowest BCUT2D eigenvalue weighted by Gasteiger charge is -2.13. The third-order valence-electron chi connectivity index (χ3n) is 3.77. The highest BCUT2D eigenvalue weighted by atomic mass is 79.9. The molecule has 0 atom stereocenters. The lowest BCUT2D eigenvalue weighted by atomic mass is 10.0. The van der Waals surface area contributed by atoms with Crippen LogP contribution in [-0.2, 0) is 6.42 Å². The van der Waals surface area contributed by atoms with Crippen LogP contribution in [0, 0.1) is 5.92 Å². The summed E-state index contributed by atoms with van der Waals surface area (Å²) in [7, 11) is 0. The summed E-state index contributed by atoms with van der Waals surface area (Å²) < 4.78 is 0.837. The maximum Gasteiger partial charge on any atom is 0.162 e. The molecule has 2 aromatic rings. The lowest BCUT2D eigenvalue weighted by molar-refractivity contribution is 0.633. The normalized spacial score (nSPS) is 14.7. The molecule has 4 heteroatoms. The third-order valence-corrected chi connectivity index (χ3v) is 4.63. The fraction of sp³-hybridized carbons (Fsp3) is 0.412. The topological polar surface area (TPSA) is 51.8 Å². The summed E-state index contributed by atoms with van der Waals surface area (Å²) >= 11 is 3.53. The van der Waals surface area contributed by atoms with Gasteiger partial charge in [-0.3, -0.25) is 0 Å². The molecule has 3 rings (SSSR count). The van der Waals surface area contributed by atoms with Crippen LogP contribution in [0.1, 0.15) is 43.9 Å². The molecule has 1 aliphatic rings. The van der Waals surface area contributed by atoms with Crippen molar-refractivity contribution in [2.75, 3.05) is 5.73 Å². The number of anilines is 1. The Labute approximate surface area is 134 Å². The smallest absolute Gasteiger partial charge is 0.162 e. The molecule has 0 spiro atoms. The predicted molar refractivity (Wildman–Crippen MR) is 90.1 cm³/mol. The minimum absolute atomic E-state index is 0.529. The summed E-state index contributed by atoms with van der Waals surface area (Å²) in [6.45, 7) is 4.37. The second kappa shape index (κ2) is 5.76. The Morgan fingerprint density at radius 3 is 2.62 bits per heavy atom. The van der Waals surface area contributed by atoms with Crippen LogP contribution in [0.15, 0.2) is 28.7 Å². The van der Waals surface area contributed by atoms with Crippen molar-refractivity contribution in [3.63, 3.8) is 0 Å². The summed E-state index contributed by atoms with van der Waals surface area (Å²) in [4.78, 5) is 9.28. The number of halogens is 1. The van der Waals surface area contributed by atoms with Gasteiger partial charge in [-0.05, 0) is 52.6 Å². The number of aromatic nitrogens is 2. The van der Waals surface area contributed by atoms with Crippen LogP contribution in [0.25, 0.3) is 11.4 Å². The van der Waals surface area contributed by atoms with Crippen molar-refractivity contribution in [1.29, 1.82) is 0 Å². The van der Waals surface area contributed by atoms with E-state index in [9.17, 15) is 0 Å². The maximum absolute atomic E-state index is 6.08. The molecule has 3 nitrogen and oxygen atoms in total. The summed E-state index contributed by atoms with van der Waals surface area (Å²) in [5, 5.41) is 0. The van der Waals surface area contributed by atoms with Gasteiger partial charge in [-0.1, -0.05) is 38.1 Å². The predicted octanol–water partition coefficient (Wildman–Crippen LogP) is 4.56. The van der Waals surface area contributed by atoms with Gasteiger partial charge in [0.05, 0.1) is 10.2 Å². The highest BCUT2D eigenvalue weighted by Crippen LogP contribution is 2.44. The molecule has 1 aromatic carbocycles. The first kappa shape index (κ1) is 14.5. The Kier molecular flexibility index (Phi) is 3.98. The van der Waals surface area contributed by atoms with Gasteiger partial charge in [0.1, 0.15) is 5.82 Å². The van der Waals surface area contributed by atoms with E-state index in [1.54, 1.807) is 0 Å². The Hall–Kier alpha value is -1.42. The van der Waals surface area contributed by atoms with Crippen molar-refractivity contribution in [3.8, 4) is 11.4 Å². The van der Waals surface area contributed by atoms with Gasteiger partial charge < -0.3 is 5.73 Å². The van der Waals surface area contributed by atoms with Crippen LogP contribution in [0.5, 0.6) is 0 Å². The Morgan fingerprint density at radius 1 is 1.24 bits per heavy atom. The average molecular weight is 346 g/mol. The van der Waals surface area contributed by atoms with Crippen LogP contribution in [-0.4, -0.2) is 9.97 Å². The van der Waals surface area contributed by atoms with Gasteiger partial charge in [0.2, 0.25) is 0 Å². The number of hydrogen-bond acceptors (Lipinski definition) is 3. The first-order valence-electron chi connectivity index (χ1n) is 7.47. The molecule has 1 fully saturated rings. The number of nitrogens with two attached hydrogens (primary N) is 1. The molecule has 0 amide bonds. The van der Waals surface area contributed by atoms with Gasteiger partial charge in [0.25, 0.3) is 0 Å². The van der Waals surface area contributed by atoms with Crippen LogP contribution < -0.4 is 5.73 Å². The number of nitrogen functional groups attached to an aromatic ring is 1. The maximum atomic E-state index is 6.08. The zero-order valence-corrected chi connectivity index (χ0v) is 14.0. The Bertz CT molecular complexity index is 663. The van der Waals surface area contributed by atoms with Crippen molar-refractivity contribution in [1.82, 2.24) is 9.97 Å². The van der Waals surface area contributed by atoms with Gasteiger partial charge in [0.15, 0.2) is 5.82 Å². The first-order chi connectivity index (χ1) is 10.1. The fourth-order valence-electron chi connectivity index (χ4n) is 2.61. The molecule has 1 saturated carbocycles. The molecule has 1 heterocycles. The first-order valence-corrected chi connectivity index (χ1v) is 8.26. The van der Waals surface area contributed by atoms with Crippen molar-refractivity contribution in [3.05, 3.63) is 40.0 Å². The van der Waals surface area contributed by atoms with Gasteiger partial charge >= 0.3 is 0 Å². The van der Waals surface area contributed by atoms with Crippen LogP contribution in [0.3, 0.4) is 0 Å². The highest BCUT2D eigenvalue weighted by Gasteiger charge is 2.27. The number of hydrogen-bond donors (Lipinski definition) is 1. The zero-order valence-electron chi connectivity index (χ0n) is 12.4. The van der Waals surface area contributed by atoms with Crippen LogP contribution in [0.4, 0.5) is 5.82 Å². The monoisotopic (exact) mass is 345 g/mol. The van der Waals surface area contributed by atoms with Gasteiger partial charge in [0, 0.05) is 5.56 Å². The molecule has 0 aliphatic heterocycles. The molecule has 0 unspecified atom stereocenters. The number of benzene rings is 1. The zero-order chi connectivity index (χ0) is 15.0. The van der Waals surface area contributed by atoms with E-state index >= 15 is 0 Å². The van der Waals surface area contributed by atoms with E-state index in [-0.39, 0.29) is 0 Å². The molecule has 2 N–H and O–H groups in total. The summed E-state index contributed by atoms with van der Waals surface area (Å²) in [5.74, 6) is 2.49. The van der Waals surface area contributed by atoms with Crippen molar-refractivity contribution < 1.29 is 0 Å². The molecule has 110 valence electrons. The molecule has 0 bridgehead atoms. The van der Waals surface area contributed by atoms with Crippen molar-refractivity contribution in [2.24, 2.45) is 5.92 Å². The molecular formula is C17H20BrN3. The largest absolute Gasteiger partial charge is 0.383 e. The van der Waals surface area contributed by atoms with Crippen molar-refractivity contribution in [2.45, 2.75) is 39.0 Å². The molecule has 1 aromatic heterocycles. The van der Waals surface area contributed by atoms with Gasteiger partial charge in [-0.15, -0.1) is 0 Å². The SMILES string of the molecule is CC(C)Cc1nc(-c2ccccc2C2CC2)nc(N)c1Br. The van der Waals surface area contributed by atoms with E-state index in [2.05, 4.69) is 53.0 Å². The van der Waals surface area contributed by atoms with Crippen molar-refractivity contribution >= 4 is 21.7 Å². The summed E-state index contributed by atoms with van der Waals surface area (Å²) in [6, 6.07) is 8.44. The van der Waals surface area contributed by atoms with Gasteiger partial charge in [-0.25, -0.2) is 9.97 Å².